The summed E-state index contributed by atoms with van der Waals surface area (Å²) in [5.74, 6) is -0.560. The molecule has 0 unspecified atom stereocenters. The van der Waals surface area contributed by atoms with Gasteiger partial charge >= 0.3 is 12.1 Å². The molecule has 9 heteroatoms. The van der Waals surface area contributed by atoms with Crippen molar-refractivity contribution in [3.05, 3.63) is 78.0 Å². The summed E-state index contributed by atoms with van der Waals surface area (Å²) in [6.45, 7) is 9.46. The van der Waals surface area contributed by atoms with Crippen molar-refractivity contribution in [3.8, 4) is 22.8 Å². The second-order valence-electron chi connectivity index (χ2n) is 11.8. The lowest BCUT2D eigenvalue weighted by molar-refractivity contribution is -0.145. The molecule has 1 aliphatic rings. The van der Waals surface area contributed by atoms with E-state index >= 15 is 0 Å². The third-order valence-corrected chi connectivity index (χ3v) is 7.50. The van der Waals surface area contributed by atoms with E-state index in [1.807, 2.05) is 81.4 Å². The van der Waals surface area contributed by atoms with E-state index in [1.165, 1.54) is 4.90 Å². The molecule has 1 saturated heterocycles. The highest BCUT2D eigenvalue weighted by molar-refractivity contribution is 5.82. The summed E-state index contributed by atoms with van der Waals surface area (Å²) >= 11 is 0. The minimum Gasteiger partial charge on any atom is -0.497 e. The molecule has 0 bridgehead atoms. The lowest BCUT2D eigenvalue weighted by Crippen LogP contribution is -2.47. The first-order valence-corrected chi connectivity index (χ1v) is 14.0. The summed E-state index contributed by atoms with van der Waals surface area (Å²) in [5.41, 5.74) is 2.66. The summed E-state index contributed by atoms with van der Waals surface area (Å²) in [6.07, 6.45) is -0.0722. The molecule has 0 radical (unpaired) electrons. The molecule has 0 aliphatic carbocycles. The number of rotatable bonds is 9. The summed E-state index contributed by atoms with van der Waals surface area (Å²) in [7, 11) is 3.16. The Morgan fingerprint density at radius 3 is 2.29 bits per heavy atom. The van der Waals surface area contributed by atoms with Crippen LogP contribution in [-0.4, -0.2) is 59.5 Å². The molecule has 3 aromatic rings. The highest BCUT2D eigenvalue weighted by Crippen LogP contribution is 2.50. The van der Waals surface area contributed by atoms with Crippen LogP contribution in [0.25, 0.3) is 11.1 Å². The monoisotopic (exact) mass is 576 g/mol. The average molecular weight is 577 g/mol. The van der Waals surface area contributed by atoms with Gasteiger partial charge in [0.15, 0.2) is 0 Å². The molecule has 1 amide bonds. The zero-order chi connectivity index (χ0) is 30.6. The van der Waals surface area contributed by atoms with Crippen LogP contribution in [-0.2, 0) is 20.9 Å². The van der Waals surface area contributed by atoms with Crippen molar-refractivity contribution in [1.82, 2.24) is 9.88 Å². The Labute approximate surface area is 247 Å². The number of hydrogen-bond acceptors (Lipinski definition) is 7. The third-order valence-electron chi connectivity index (χ3n) is 7.50. The zero-order valence-corrected chi connectivity index (χ0v) is 25.2. The predicted molar refractivity (Wildman–Crippen MR) is 158 cm³/mol. The molecule has 0 saturated carbocycles. The number of nitrogens with zero attached hydrogens (tertiary/aromatic N) is 2. The van der Waals surface area contributed by atoms with Gasteiger partial charge in [0, 0.05) is 23.2 Å². The third kappa shape index (κ3) is 6.51. The first-order valence-electron chi connectivity index (χ1n) is 14.0. The molecule has 9 nitrogen and oxygen atoms in total. The van der Waals surface area contributed by atoms with Gasteiger partial charge in [0.05, 0.1) is 39.1 Å². The SMILES string of the molecule is COc1cccc(-c2cnc(OC)c(CO[C@H]3[C@H](C(C)(C)C)[C@@H](C(=O)O)N(C(=O)OC(C)C)[C@H]3c3ccccc3)c2)c1. The molecule has 1 aliphatic heterocycles. The summed E-state index contributed by atoms with van der Waals surface area (Å²) in [4.78, 5) is 32.3. The quantitative estimate of drug-likeness (QED) is 0.313. The Kier molecular flexibility index (Phi) is 9.41. The maximum atomic E-state index is 13.5. The smallest absolute Gasteiger partial charge is 0.411 e. The van der Waals surface area contributed by atoms with Gasteiger partial charge in [0.25, 0.3) is 0 Å². The molecule has 4 atom stereocenters. The van der Waals surface area contributed by atoms with E-state index in [-0.39, 0.29) is 6.61 Å². The number of carbonyl (C=O) groups is 2. The van der Waals surface area contributed by atoms with E-state index in [0.29, 0.717) is 11.4 Å². The van der Waals surface area contributed by atoms with E-state index in [9.17, 15) is 14.7 Å². The Balaban J connectivity index is 1.79. The number of aromatic nitrogens is 1. The van der Waals surface area contributed by atoms with E-state index in [1.54, 1.807) is 34.3 Å². The van der Waals surface area contributed by atoms with Gasteiger partial charge in [-0.1, -0.05) is 63.2 Å². The zero-order valence-electron chi connectivity index (χ0n) is 25.2. The fourth-order valence-electron chi connectivity index (χ4n) is 5.74. The number of methoxy groups -OCH3 is 2. The Hall–Kier alpha value is -4.11. The van der Waals surface area contributed by atoms with Crippen molar-refractivity contribution < 1.29 is 33.6 Å². The largest absolute Gasteiger partial charge is 0.497 e. The van der Waals surface area contributed by atoms with E-state index < -0.39 is 47.7 Å². The Morgan fingerprint density at radius 1 is 0.976 bits per heavy atom. The standard InChI is InChI=1S/C33H40N2O7/c1-20(2)42-32(38)35-27(21-12-9-8-10-13-21)29(26(33(3,4)5)28(35)31(36)37)41-19-24-16-23(18-34-30(24)40-7)22-14-11-15-25(17-22)39-6/h8-18,20,26-29H,19H2,1-7H3,(H,36,37)/t26-,27+,28+,29+/m1/s1. The maximum Gasteiger partial charge on any atom is 0.411 e. The van der Waals surface area contributed by atoms with E-state index in [0.717, 1.165) is 22.4 Å². The number of amides is 1. The Morgan fingerprint density at radius 2 is 1.69 bits per heavy atom. The van der Waals surface area contributed by atoms with Crippen molar-refractivity contribution in [2.24, 2.45) is 11.3 Å². The van der Waals surface area contributed by atoms with E-state index in [2.05, 4.69) is 4.98 Å². The van der Waals surface area contributed by atoms with Gasteiger partial charge in [0.1, 0.15) is 11.8 Å². The fourth-order valence-corrected chi connectivity index (χ4v) is 5.74. The van der Waals surface area contributed by atoms with Crippen LogP contribution in [0.2, 0.25) is 0 Å². The first kappa shape index (κ1) is 30.8. The minimum atomic E-state index is -1.17. The summed E-state index contributed by atoms with van der Waals surface area (Å²) in [5, 5.41) is 10.5. The van der Waals surface area contributed by atoms with Gasteiger partial charge in [-0.15, -0.1) is 0 Å². The van der Waals surface area contributed by atoms with Gasteiger partial charge in [-0.05, 0) is 48.6 Å². The van der Waals surface area contributed by atoms with Crippen LogP contribution in [0.1, 0.15) is 51.8 Å². The molecule has 1 fully saturated rings. The summed E-state index contributed by atoms with van der Waals surface area (Å²) < 4.78 is 23.2. The minimum absolute atomic E-state index is 0.0774. The van der Waals surface area contributed by atoms with Crippen molar-refractivity contribution in [2.75, 3.05) is 14.2 Å². The summed E-state index contributed by atoms with van der Waals surface area (Å²) in [6, 6.07) is 17.1. The number of aliphatic carboxylic acids is 1. The lowest BCUT2D eigenvalue weighted by Gasteiger charge is -2.34. The molecule has 224 valence electrons. The molecule has 2 aromatic carbocycles. The second kappa shape index (κ2) is 12.8. The van der Waals surface area contributed by atoms with Crippen molar-refractivity contribution in [2.45, 2.75) is 65.5 Å². The van der Waals surface area contributed by atoms with Crippen molar-refractivity contribution in [1.29, 1.82) is 0 Å². The van der Waals surface area contributed by atoms with Crippen molar-refractivity contribution >= 4 is 12.1 Å². The molecular formula is C33H40N2O7. The van der Waals surface area contributed by atoms with Gasteiger partial charge < -0.3 is 24.1 Å². The highest BCUT2D eigenvalue weighted by atomic mass is 16.6. The molecule has 1 N–H and O–H groups in total. The van der Waals surface area contributed by atoms with Crippen molar-refractivity contribution in [3.63, 3.8) is 0 Å². The van der Waals surface area contributed by atoms with Crippen LogP contribution >= 0.6 is 0 Å². The first-order chi connectivity index (χ1) is 20.0. The molecular weight excluding hydrogens is 536 g/mol. The number of carboxylic acids is 1. The number of benzene rings is 2. The van der Waals surface area contributed by atoms with Gasteiger partial charge in [-0.3, -0.25) is 4.90 Å². The van der Waals surface area contributed by atoms with Gasteiger partial charge in [-0.25, -0.2) is 14.6 Å². The van der Waals surface area contributed by atoms with Crippen LogP contribution < -0.4 is 9.47 Å². The molecule has 1 aromatic heterocycles. The average Bonchev–Trinajstić information content (AvgIpc) is 3.32. The topological polar surface area (TPSA) is 107 Å². The highest BCUT2D eigenvalue weighted by Gasteiger charge is 2.59. The molecule has 42 heavy (non-hydrogen) atoms. The van der Waals surface area contributed by atoms with Crippen LogP contribution in [0.15, 0.2) is 66.9 Å². The number of ether oxygens (including phenoxy) is 4. The number of likely N-dealkylation sites (tertiary alicyclic amines) is 1. The molecule has 4 rings (SSSR count). The van der Waals surface area contributed by atoms with E-state index in [4.69, 9.17) is 18.9 Å². The van der Waals surface area contributed by atoms with Crippen LogP contribution in [0, 0.1) is 11.3 Å². The fraction of sp³-hybridized carbons (Fsp3) is 0.424. The van der Waals surface area contributed by atoms with Gasteiger partial charge in [-0.2, -0.15) is 0 Å². The van der Waals surface area contributed by atoms with Crippen LogP contribution in [0.5, 0.6) is 11.6 Å². The van der Waals surface area contributed by atoms with Crippen LogP contribution in [0.3, 0.4) is 0 Å². The second-order valence-corrected chi connectivity index (χ2v) is 11.8. The molecule has 0 spiro atoms. The normalized spacial score (nSPS) is 20.4. The number of carbonyl (C=O) groups excluding carboxylic acids is 1. The molecule has 2 heterocycles. The predicted octanol–water partition coefficient (Wildman–Crippen LogP) is 6.37. The van der Waals surface area contributed by atoms with Crippen LogP contribution in [0.4, 0.5) is 4.79 Å². The van der Waals surface area contributed by atoms with Gasteiger partial charge in [0.2, 0.25) is 5.88 Å². The number of hydrogen-bond donors (Lipinski definition) is 1. The lowest BCUT2D eigenvalue weighted by atomic mass is 9.73. The number of pyridine rings is 1. The Bertz CT molecular complexity index is 1390. The number of carboxylic acid groups (broad SMARTS) is 1. The maximum absolute atomic E-state index is 13.5.